The van der Waals surface area contributed by atoms with E-state index in [0.29, 0.717) is 11.3 Å². The number of hydrogen-bond donors (Lipinski definition) is 0. The van der Waals surface area contributed by atoms with Crippen LogP contribution < -0.4 is 4.74 Å². The van der Waals surface area contributed by atoms with Crippen LogP contribution in [0.5, 0.6) is 5.75 Å². The average molecular weight is 342 g/mol. The highest BCUT2D eigenvalue weighted by Gasteiger charge is 2.10. The third-order valence-electron chi connectivity index (χ3n) is 4.35. The lowest BCUT2D eigenvalue weighted by molar-refractivity contribution is 0.101. The summed E-state index contributed by atoms with van der Waals surface area (Å²) < 4.78 is 20.1. The molecule has 2 aromatic carbocycles. The van der Waals surface area contributed by atoms with Crippen LogP contribution in [0, 0.1) is 5.82 Å². The second-order valence-electron chi connectivity index (χ2n) is 6.56. The quantitative estimate of drug-likeness (QED) is 0.387. The van der Waals surface area contributed by atoms with E-state index in [0.717, 1.165) is 24.0 Å². The highest BCUT2D eigenvalue weighted by molar-refractivity contribution is 5.94. The van der Waals surface area contributed by atoms with Crippen LogP contribution in [0.1, 0.15) is 63.2 Å². The van der Waals surface area contributed by atoms with Crippen molar-refractivity contribution in [2.75, 3.05) is 0 Å². The molecule has 0 radical (unpaired) electrons. The number of rotatable bonds is 9. The van der Waals surface area contributed by atoms with Crippen molar-refractivity contribution in [3.8, 4) is 16.9 Å². The fraction of sp³-hybridized carbons (Fsp3) is 0.409. The van der Waals surface area contributed by atoms with Gasteiger partial charge in [-0.3, -0.25) is 4.79 Å². The van der Waals surface area contributed by atoms with Gasteiger partial charge in [0.25, 0.3) is 0 Å². The molecule has 1 unspecified atom stereocenters. The van der Waals surface area contributed by atoms with Crippen LogP contribution in [0.15, 0.2) is 42.5 Å². The van der Waals surface area contributed by atoms with E-state index in [9.17, 15) is 9.18 Å². The first-order valence-corrected chi connectivity index (χ1v) is 9.09. The molecule has 3 heteroatoms. The SMILES string of the molecule is CCCCCCC(C)Oc1ccc(-c2ccc(C(C)=O)cc2)cc1F. The fourth-order valence-electron chi connectivity index (χ4n) is 2.81. The van der Waals surface area contributed by atoms with Crippen LogP contribution in [0.25, 0.3) is 11.1 Å². The Hall–Kier alpha value is -2.16. The summed E-state index contributed by atoms with van der Waals surface area (Å²) in [4.78, 5) is 11.3. The highest BCUT2D eigenvalue weighted by Crippen LogP contribution is 2.27. The zero-order chi connectivity index (χ0) is 18.2. The Bertz CT molecular complexity index is 692. The van der Waals surface area contributed by atoms with Crippen LogP contribution in [0.3, 0.4) is 0 Å². The molecule has 0 aliphatic rings. The zero-order valence-corrected chi connectivity index (χ0v) is 15.3. The molecular weight excluding hydrogens is 315 g/mol. The average Bonchev–Trinajstić information content (AvgIpc) is 2.60. The molecule has 0 aliphatic heterocycles. The Morgan fingerprint density at radius 2 is 1.72 bits per heavy atom. The van der Waals surface area contributed by atoms with Gasteiger partial charge < -0.3 is 4.74 Å². The van der Waals surface area contributed by atoms with E-state index >= 15 is 0 Å². The normalized spacial score (nSPS) is 12.0. The molecule has 0 saturated heterocycles. The molecule has 0 N–H and O–H groups in total. The number of hydrogen-bond acceptors (Lipinski definition) is 2. The second kappa shape index (κ2) is 9.36. The standard InChI is InChI=1S/C22H27FO2/c1-4-5-6-7-8-16(2)25-22-14-13-20(15-21(22)23)19-11-9-18(10-12-19)17(3)24/h9-16H,4-8H2,1-3H3. The van der Waals surface area contributed by atoms with Gasteiger partial charge in [0, 0.05) is 5.56 Å². The van der Waals surface area contributed by atoms with Crippen molar-refractivity contribution < 1.29 is 13.9 Å². The summed E-state index contributed by atoms with van der Waals surface area (Å²) in [6.45, 7) is 5.70. The Labute approximate surface area is 150 Å². The summed E-state index contributed by atoms with van der Waals surface area (Å²) in [5.74, 6) is -0.0324. The largest absolute Gasteiger partial charge is 0.488 e. The molecule has 0 bridgehead atoms. The maximum Gasteiger partial charge on any atom is 0.165 e. The lowest BCUT2D eigenvalue weighted by Gasteiger charge is -2.15. The first-order valence-electron chi connectivity index (χ1n) is 9.09. The van der Waals surface area contributed by atoms with Crippen molar-refractivity contribution in [2.24, 2.45) is 0 Å². The predicted octanol–water partition coefficient (Wildman–Crippen LogP) is 6.43. The number of ether oxygens (including phenoxy) is 1. The van der Waals surface area contributed by atoms with E-state index in [1.807, 2.05) is 25.1 Å². The summed E-state index contributed by atoms with van der Waals surface area (Å²) in [6.07, 6.45) is 5.69. The smallest absolute Gasteiger partial charge is 0.165 e. The van der Waals surface area contributed by atoms with Crippen molar-refractivity contribution >= 4 is 5.78 Å². The highest BCUT2D eigenvalue weighted by atomic mass is 19.1. The van der Waals surface area contributed by atoms with Gasteiger partial charge in [-0.1, -0.05) is 56.5 Å². The fourth-order valence-corrected chi connectivity index (χ4v) is 2.81. The number of unbranched alkanes of at least 4 members (excludes halogenated alkanes) is 3. The molecular formula is C22H27FO2. The molecule has 2 nitrogen and oxygen atoms in total. The molecule has 0 aliphatic carbocycles. The minimum atomic E-state index is -0.353. The number of ketones is 1. The van der Waals surface area contributed by atoms with Gasteiger partial charge >= 0.3 is 0 Å². The molecule has 2 rings (SSSR count). The van der Waals surface area contributed by atoms with Crippen LogP contribution in [-0.4, -0.2) is 11.9 Å². The number of benzene rings is 2. The van der Waals surface area contributed by atoms with Crippen molar-refractivity contribution in [1.29, 1.82) is 0 Å². The third-order valence-corrected chi connectivity index (χ3v) is 4.35. The molecule has 2 aromatic rings. The molecule has 25 heavy (non-hydrogen) atoms. The zero-order valence-electron chi connectivity index (χ0n) is 15.3. The molecule has 134 valence electrons. The van der Waals surface area contributed by atoms with Gasteiger partial charge in [0.2, 0.25) is 0 Å². The summed E-state index contributed by atoms with van der Waals surface area (Å²) in [5, 5.41) is 0. The monoisotopic (exact) mass is 342 g/mol. The van der Waals surface area contributed by atoms with Crippen molar-refractivity contribution in [3.63, 3.8) is 0 Å². The van der Waals surface area contributed by atoms with E-state index in [2.05, 4.69) is 6.92 Å². The third kappa shape index (κ3) is 5.70. The minimum absolute atomic E-state index is 0.00653. The number of halogens is 1. The Kier molecular flexibility index (Phi) is 7.17. The summed E-state index contributed by atoms with van der Waals surface area (Å²) >= 11 is 0. The van der Waals surface area contributed by atoms with Gasteiger partial charge in [0.15, 0.2) is 17.3 Å². The Balaban J connectivity index is 2.01. The van der Waals surface area contributed by atoms with Crippen molar-refractivity contribution in [2.45, 2.75) is 59.0 Å². The van der Waals surface area contributed by atoms with Crippen molar-refractivity contribution in [1.82, 2.24) is 0 Å². The number of Topliss-reactive ketones (excluding diaryl/α,β-unsaturated/α-hetero) is 1. The van der Waals surface area contributed by atoms with E-state index < -0.39 is 0 Å². The van der Waals surface area contributed by atoms with Gasteiger partial charge in [0.05, 0.1) is 6.10 Å². The molecule has 0 saturated carbocycles. The van der Waals surface area contributed by atoms with E-state index in [4.69, 9.17) is 4.74 Å². The lowest BCUT2D eigenvalue weighted by atomic mass is 10.0. The van der Waals surface area contributed by atoms with Gasteiger partial charge in [0.1, 0.15) is 0 Å². The molecule has 0 heterocycles. The van der Waals surface area contributed by atoms with Gasteiger partial charge in [-0.2, -0.15) is 0 Å². The van der Waals surface area contributed by atoms with Gasteiger partial charge in [-0.05, 0) is 49.9 Å². The molecule has 1 atom stereocenters. The van der Waals surface area contributed by atoms with Crippen LogP contribution >= 0.6 is 0 Å². The van der Waals surface area contributed by atoms with E-state index in [1.165, 1.54) is 32.3 Å². The minimum Gasteiger partial charge on any atom is -0.488 e. The Morgan fingerprint density at radius 3 is 2.32 bits per heavy atom. The molecule has 0 amide bonds. The summed E-state index contributed by atoms with van der Waals surface area (Å²) in [7, 11) is 0. The predicted molar refractivity (Wildman–Crippen MR) is 101 cm³/mol. The van der Waals surface area contributed by atoms with Gasteiger partial charge in [-0.25, -0.2) is 4.39 Å². The van der Waals surface area contributed by atoms with Crippen molar-refractivity contribution in [3.05, 3.63) is 53.8 Å². The lowest BCUT2D eigenvalue weighted by Crippen LogP contribution is -2.12. The van der Waals surface area contributed by atoms with Crippen LogP contribution in [-0.2, 0) is 0 Å². The van der Waals surface area contributed by atoms with Crippen LogP contribution in [0.2, 0.25) is 0 Å². The van der Waals surface area contributed by atoms with E-state index in [1.54, 1.807) is 18.2 Å². The Morgan fingerprint density at radius 1 is 1.04 bits per heavy atom. The molecule has 0 aromatic heterocycles. The first-order chi connectivity index (χ1) is 12.0. The number of carbonyl (C=O) groups excluding carboxylic acids is 1. The summed E-state index contributed by atoms with van der Waals surface area (Å²) in [6, 6.07) is 12.2. The first kappa shape index (κ1) is 19.2. The maximum absolute atomic E-state index is 14.4. The molecule has 0 fully saturated rings. The van der Waals surface area contributed by atoms with Crippen LogP contribution in [0.4, 0.5) is 4.39 Å². The maximum atomic E-state index is 14.4. The summed E-state index contributed by atoms with van der Waals surface area (Å²) in [5.41, 5.74) is 2.31. The molecule has 0 spiro atoms. The van der Waals surface area contributed by atoms with E-state index in [-0.39, 0.29) is 17.7 Å². The number of carbonyl (C=O) groups is 1. The van der Waals surface area contributed by atoms with Gasteiger partial charge in [-0.15, -0.1) is 0 Å². The second-order valence-corrected chi connectivity index (χ2v) is 6.56. The topological polar surface area (TPSA) is 26.3 Å².